The fraction of sp³-hybridized carbons (Fsp3) is 0.562. The van der Waals surface area contributed by atoms with Gasteiger partial charge in [-0.2, -0.15) is 0 Å². The zero-order valence-electron chi connectivity index (χ0n) is 12.4. The van der Waals surface area contributed by atoms with E-state index in [2.05, 4.69) is 5.32 Å². The summed E-state index contributed by atoms with van der Waals surface area (Å²) < 4.78 is 5.40. The molecule has 1 fully saturated rings. The lowest BCUT2D eigenvalue weighted by Crippen LogP contribution is -2.41. The molecule has 4 heteroatoms. The molecule has 1 aromatic carbocycles. The SMILES string of the molecule is CCOc1ccc(C(=O)N(CC)CC2CCCN2)cc1. The molecule has 1 saturated heterocycles. The maximum absolute atomic E-state index is 12.5. The van der Waals surface area contributed by atoms with Crippen molar-refractivity contribution in [1.82, 2.24) is 10.2 Å². The summed E-state index contributed by atoms with van der Waals surface area (Å²) in [4.78, 5) is 14.4. The first kappa shape index (κ1) is 14.9. The topological polar surface area (TPSA) is 41.6 Å². The molecule has 0 aromatic heterocycles. The number of likely N-dealkylation sites (N-methyl/N-ethyl adjacent to an activating group) is 1. The molecule has 4 nitrogen and oxygen atoms in total. The summed E-state index contributed by atoms with van der Waals surface area (Å²) in [6.45, 7) is 7.22. The van der Waals surface area contributed by atoms with Crippen molar-refractivity contribution >= 4 is 5.91 Å². The van der Waals surface area contributed by atoms with Gasteiger partial charge in [0.2, 0.25) is 0 Å². The average molecular weight is 276 g/mol. The Bertz CT molecular complexity index is 425. The zero-order valence-corrected chi connectivity index (χ0v) is 12.4. The summed E-state index contributed by atoms with van der Waals surface area (Å²) in [7, 11) is 0. The van der Waals surface area contributed by atoms with E-state index in [9.17, 15) is 4.79 Å². The molecule has 1 aromatic rings. The summed E-state index contributed by atoms with van der Waals surface area (Å²) in [6.07, 6.45) is 2.37. The Labute approximate surface area is 121 Å². The first-order chi connectivity index (χ1) is 9.74. The van der Waals surface area contributed by atoms with Crippen molar-refractivity contribution in [2.45, 2.75) is 32.7 Å². The van der Waals surface area contributed by atoms with Crippen LogP contribution < -0.4 is 10.1 Å². The molecule has 1 N–H and O–H groups in total. The fourth-order valence-electron chi connectivity index (χ4n) is 2.58. The van der Waals surface area contributed by atoms with Crippen LogP contribution in [0.25, 0.3) is 0 Å². The van der Waals surface area contributed by atoms with Crippen LogP contribution in [0.15, 0.2) is 24.3 Å². The Morgan fingerprint density at radius 2 is 2.10 bits per heavy atom. The Morgan fingerprint density at radius 1 is 1.35 bits per heavy atom. The summed E-state index contributed by atoms with van der Waals surface area (Å²) in [5.74, 6) is 0.911. The van der Waals surface area contributed by atoms with Gasteiger partial charge in [-0.25, -0.2) is 0 Å². The minimum Gasteiger partial charge on any atom is -0.494 e. The number of amides is 1. The highest BCUT2D eigenvalue weighted by molar-refractivity contribution is 5.94. The number of carbonyl (C=O) groups is 1. The summed E-state index contributed by atoms with van der Waals surface area (Å²) >= 11 is 0. The van der Waals surface area contributed by atoms with Crippen LogP contribution in [-0.2, 0) is 0 Å². The molecule has 0 bridgehead atoms. The quantitative estimate of drug-likeness (QED) is 0.867. The smallest absolute Gasteiger partial charge is 0.253 e. The second kappa shape index (κ2) is 7.29. The number of ether oxygens (including phenoxy) is 1. The maximum Gasteiger partial charge on any atom is 0.253 e. The van der Waals surface area contributed by atoms with Gasteiger partial charge in [-0.3, -0.25) is 4.79 Å². The highest BCUT2D eigenvalue weighted by Gasteiger charge is 2.21. The van der Waals surface area contributed by atoms with E-state index in [1.54, 1.807) is 0 Å². The Hall–Kier alpha value is -1.55. The third kappa shape index (κ3) is 3.73. The van der Waals surface area contributed by atoms with Gasteiger partial charge >= 0.3 is 0 Å². The van der Waals surface area contributed by atoms with Crippen LogP contribution in [0.3, 0.4) is 0 Å². The Morgan fingerprint density at radius 3 is 2.65 bits per heavy atom. The number of carbonyl (C=O) groups excluding carboxylic acids is 1. The first-order valence-electron chi connectivity index (χ1n) is 7.50. The molecule has 1 aliphatic heterocycles. The number of nitrogens with zero attached hydrogens (tertiary/aromatic N) is 1. The predicted molar refractivity (Wildman–Crippen MR) is 80.2 cm³/mol. The van der Waals surface area contributed by atoms with Crippen molar-refractivity contribution in [2.24, 2.45) is 0 Å². The Balaban J connectivity index is 1.99. The van der Waals surface area contributed by atoms with E-state index in [1.165, 1.54) is 6.42 Å². The molecule has 0 spiro atoms. The minimum absolute atomic E-state index is 0.101. The number of benzene rings is 1. The van der Waals surface area contributed by atoms with E-state index in [1.807, 2.05) is 43.0 Å². The molecule has 1 amide bonds. The lowest BCUT2D eigenvalue weighted by molar-refractivity contribution is 0.0751. The van der Waals surface area contributed by atoms with Gasteiger partial charge in [-0.15, -0.1) is 0 Å². The zero-order chi connectivity index (χ0) is 14.4. The van der Waals surface area contributed by atoms with E-state index in [4.69, 9.17) is 4.74 Å². The van der Waals surface area contributed by atoms with Crippen molar-refractivity contribution in [1.29, 1.82) is 0 Å². The number of nitrogens with one attached hydrogen (secondary N) is 1. The second-order valence-electron chi connectivity index (χ2n) is 5.09. The molecule has 0 saturated carbocycles. The van der Waals surface area contributed by atoms with Crippen LogP contribution in [-0.4, -0.2) is 43.1 Å². The van der Waals surface area contributed by atoms with Crippen LogP contribution in [0.4, 0.5) is 0 Å². The van der Waals surface area contributed by atoms with Gasteiger partial charge in [0, 0.05) is 24.7 Å². The van der Waals surface area contributed by atoms with Crippen LogP contribution in [0.1, 0.15) is 37.0 Å². The van der Waals surface area contributed by atoms with E-state index in [0.29, 0.717) is 12.6 Å². The van der Waals surface area contributed by atoms with Crippen LogP contribution in [0.5, 0.6) is 5.75 Å². The largest absolute Gasteiger partial charge is 0.494 e. The van der Waals surface area contributed by atoms with Crippen molar-refractivity contribution in [3.8, 4) is 5.75 Å². The molecule has 20 heavy (non-hydrogen) atoms. The lowest BCUT2D eigenvalue weighted by Gasteiger charge is -2.24. The van der Waals surface area contributed by atoms with E-state index in [0.717, 1.165) is 37.4 Å². The standard InChI is InChI=1S/C16H24N2O2/c1-3-18(12-14-6-5-11-17-14)16(19)13-7-9-15(10-8-13)20-4-2/h7-10,14,17H,3-6,11-12H2,1-2H3. The molecule has 0 radical (unpaired) electrons. The summed E-state index contributed by atoms with van der Waals surface area (Å²) in [5, 5.41) is 3.44. The second-order valence-corrected chi connectivity index (χ2v) is 5.09. The van der Waals surface area contributed by atoms with Crippen LogP contribution in [0.2, 0.25) is 0 Å². The van der Waals surface area contributed by atoms with Crippen LogP contribution >= 0.6 is 0 Å². The normalized spacial score (nSPS) is 18.0. The monoisotopic (exact) mass is 276 g/mol. The summed E-state index contributed by atoms with van der Waals surface area (Å²) in [5.41, 5.74) is 0.730. The van der Waals surface area contributed by atoms with Crippen molar-refractivity contribution < 1.29 is 9.53 Å². The maximum atomic E-state index is 12.5. The first-order valence-corrected chi connectivity index (χ1v) is 7.50. The number of hydrogen-bond donors (Lipinski definition) is 1. The van der Waals surface area contributed by atoms with E-state index >= 15 is 0 Å². The number of rotatable bonds is 6. The van der Waals surface area contributed by atoms with Crippen molar-refractivity contribution in [3.63, 3.8) is 0 Å². The fourth-order valence-corrected chi connectivity index (χ4v) is 2.58. The molecular formula is C16H24N2O2. The van der Waals surface area contributed by atoms with Gasteiger partial charge in [0.1, 0.15) is 5.75 Å². The third-order valence-electron chi connectivity index (χ3n) is 3.68. The van der Waals surface area contributed by atoms with Gasteiger partial charge in [0.25, 0.3) is 5.91 Å². The van der Waals surface area contributed by atoms with Crippen molar-refractivity contribution in [2.75, 3.05) is 26.2 Å². The van der Waals surface area contributed by atoms with Gasteiger partial charge in [-0.1, -0.05) is 0 Å². The third-order valence-corrected chi connectivity index (χ3v) is 3.68. The molecule has 1 atom stereocenters. The molecule has 110 valence electrons. The number of hydrogen-bond acceptors (Lipinski definition) is 3. The van der Waals surface area contributed by atoms with Gasteiger partial charge < -0.3 is 15.0 Å². The summed E-state index contributed by atoms with van der Waals surface area (Å²) in [6, 6.07) is 7.86. The van der Waals surface area contributed by atoms with Crippen LogP contribution in [0, 0.1) is 0 Å². The minimum atomic E-state index is 0.101. The molecule has 1 unspecified atom stereocenters. The highest BCUT2D eigenvalue weighted by Crippen LogP contribution is 2.15. The van der Waals surface area contributed by atoms with E-state index < -0.39 is 0 Å². The molecule has 2 rings (SSSR count). The molecule has 0 aliphatic carbocycles. The van der Waals surface area contributed by atoms with Gasteiger partial charge in [-0.05, 0) is 57.5 Å². The van der Waals surface area contributed by atoms with Crippen molar-refractivity contribution in [3.05, 3.63) is 29.8 Å². The molecular weight excluding hydrogens is 252 g/mol. The average Bonchev–Trinajstić information content (AvgIpc) is 2.98. The highest BCUT2D eigenvalue weighted by atomic mass is 16.5. The lowest BCUT2D eigenvalue weighted by atomic mass is 10.1. The molecule has 1 aliphatic rings. The van der Waals surface area contributed by atoms with Gasteiger partial charge in [0.05, 0.1) is 6.61 Å². The van der Waals surface area contributed by atoms with E-state index in [-0.39, 0.29) is 5.91 Å². The predicted octanol–water partition coefficient (Wildman–Crippen LogP) is 2.30. The molecule has 1 heterocycles. The van der Waals surface area contributed by atoms with Gasteiger partial charge in [0.15, 0.2) is 0 Å². The Kier molecular flexibility index (Phi) is 5.41.